The minimum absolute atomic E-state index is 0.0168. The van der Waals surface area contributed by atoms with Gasteiger partial charge < -0.3 is 21.1 Å². The van der Waals surface area contributed by atoms with Crippen molar-refractivity contribution >= 4 is 39.3 Å². The maximum Gasteiger partial charge on any atom is 0.405 e. The minimum Gasteiger partial charge on any atom is -0.437 e. The molecular formula is C13H17BrFN3O3. The zero-order chi connectivity index (χ0) is 16.2. The van der Waals surface area contributed by atoms with E-state index >= 15 is 0 Å². The van der Waals surface area contributed by atoms with E-state index in [1.807, 2.05) is 13.8 Å². The largest absolute Gasteiger partial charge is 0.437 e. The fourth-order valence-electron chi connectivity index (χ4n) is 1.58. The molecule has 116 valence electrons. The first-order valence-electron chi connectivity index (χ1n) is 6.23. The van der Waals surface area contributed by atoms with Gasteiger partial charge in [0.25, 0.3) is 5.91 Å². The van der Waals surface area contributed by atoms with Gasteiger partial charge in [0, 0.05) is 10.5 Å². The van der Waals surface area contributed by atoms with Crippen LogP contribution >= 0.6 is 15.9 Å². The predicted octanol–water partition coefficient (Wildman–Crippen LogP) is 2.83. The smallest absolute Gasteiger partial charge is 0.405 e. The van der Waals surface area contributed by atoms with Crippen molar-refractivity contribution in [3.63, 3.8) is 0 Å². The van der Waals surface area contributed by atoms with E-state index in [4.69, 9.17) is 5.73 Å². The number of anilines is 2. The number of hydrogen-bond acceptors (Lipinski definition) is 4. The zero-order valence-electron chi connectivity index (χ0n) is 11.9. The SMILES string of the molecule is CC(C)Nc1cc(Br)cc(F)c1NC(=O)C(C)OC(N)=O. The highest BCUT2D eigenvalue weighted by Gasteiger charge is 2.20. The fourth-order valence-corrected chi connectivity index (χ4v) is 2.01. The average Bonchev–Trinajstić information content (AvgIpc) is 2.31. The number of nitrogens with two attached hydrogens (primary N) is 1. The van der Waals surface area contributed by atoms with Gasteiger partial charge in [0.2, 0.25) is 0 Å². The van der Waals surface area contributed by atoms with Gasteiger partial charge >= 0.3 is 6.09 Å². The molecule has 0 aliphatic rings. The number of rotatable bonds is 5. The van der Waals surface area contributed by atoms with Gasteiger partial charge in [0.15, 0.2) is 6.10 Å². The Morgan fingerprint density at radius 1 is 1.33 bits per heavy atom. The third-order valence-electron chi connectivity index (χ3n) is 2.41. The molecule has 0 radical (unpaired) electrons. The number of hydrogen-bond donors (Lipinski definition) is 3. The number of ether oxygens (including phenoxy) is 1. The quantitative estimate of drug-likeness (QED) is 0.751. The first-order chi connectivity index (χ1) is 9.70. The molecule has 0 saturated heterocycles. The molecule has 0 spiro atoms. The maximum atomic E-state index is 14.0. The molecule has 0 aromatic heterocycles. The van der Waals surface area contributed by atoms with Gasteiger partial charge in [0.05, 0.1) is 5.69 Å². The Kier molecular flexibility index (Phi) is 5.95. The number of nitrogens with one attached hydrogen (secondary N) is 2. The van der Waals surface area contributed by atoms with Crippen molar-refractivity contribution in [2.45, 2.75) is 32.9 Å². The van der Waals surface area contributed by atoms with Gasteiger partial charge in [-0.15, -0.1) is 0 Å². The molecule has 1 rings (SSSR count). The van der Waals surface area contributed by atoms with Crippen LogP contribution < -0.4 is 16.4 Å². The van der Waals surface area contributed by atoms with E-state index < -0.39 is 23.9 Å². The average molecular weight is 362 g/mol. The van der Waals surface area contributed by atoms with Crippen LogP contribution in [0.4, 0.5) is 20.6 Å². The van der Waals surface area contributed by atoms with Crippen molar-refractivity contribution in [1.29, 1.82) is 0 Å². The third kappa shape index (κ3) is 5.22. The molecule has 0 aliphatic carbocycles. The van der Waals surface area contributed by atoms with Gasteiger partial charge in [-0.1, -0.05) is 15.9 Å². The summed E-state index contributed by atoms with van der Waals surface area (Å²) in [5.74, 6) is -1.30. The van der Waals surface area contributed by atoms with E-state index in [1.165, 1.54) is 13.0 Å². The van der Waals surface area contributed by atoms with Gasteiger partial charge in [-0.3, -0.25) is 4.79 Å². The number of primary amides is 1. The lowest BCUT2D eigenvalue weighted by atomic mass is 10.2. The van der Waals surface area contributed by atoms with Gasteiger partial charge in [-0.25, -0.2) is 9.18 Å². The molecule has 21 heavy (non-hydrogen) atoms. The summed E-state index contributed by atoms with van der Waals surface area (Å²) in [6, 6.07) is 2.90. The first-order valence-corrected chi connectivity index (χ1v) is 7.02. The normalized spacial score (nSPS) is 11.9. The highest BCUT2D eigenvalue weighted by Crippen LogP contribution is 2.30. The molecule has 0 saturated carbocycles. The highest BCUT2D eigenvalue weighted by atomic mass is 79.9. The topological polar surface area (TPSA) is 93.4 Å². The van der Waals surface area contributed by atoms with Crippen molar-refractivity contribution in [3.8, 4) is 0 Å². The molecule has 8 heteroatoms. The predicted molar refractivity (Wildman–Crippen MR) is 81.6 cm³/mol. The number of halogens is 2. The molecule has 6 nitrogen and oxygen atoms in total. The summed E-state index contributed by atoms with van der Waals surface area (Å²) in [6.45, 7) is 5.10. The van der Waals surface area contributed by atoms with Crippen LogP contribution in [-0.4, -0.2) is 24.1 Å². The Bertz CT molecular complexity index is 552. The van der Waals surface area contributed by atoms with Crippen LogP contribution in [-0.2, 0) is 9.53 Å². The summed E-state index contributed by atoms with van der Waals surface area (Å²) < 4.78 is 19.1. The molecule has 0 aliphatic heterocycles. The van der Waals surface area contributed by atoms with E-state index in [9.17, 15) is 14.0 Å². The number of carbonyl (C=O) groups is 2. The zero-order valence-corrected chi connectivity index (χ0v) is 13.5. The summed E-state index contributed by atoms with van der Waals surface area (Å²) in [6.07, 6.45) is -2.20. The van der Waals surface area contributed by atoms with Crippen molar-refractivity contribution in [2.24, 2.45) is 5.73 Å². The van der Waals surface area contributed by atoms with Crippen LogP contribution in [0, 0.1) is 5.82 Å². The summed E-state index contributed by atoms with van der Waals surface area (Å²) >= 11 is 3.19. The summed E-state index contributed by atoms with van der Waals surface area (Å²) in [5.41, 5.74) is 5.23. The van der Waals surface area contributed by atoms with Crippen molar-refractivity contribution in [1.82, 2.24) is 0 Å². The minimum atomic E-state index is -1.13. The van der Waals surface area contributed by atoms with E-state index in [0.717, 1.165) is 0 Å². The van der Waals surface area contributed by atoms with Gasteiger partial charge in [-0.05, 0) is 32.9 Å². The molecule has 2 amide bonds. The number of carbonyl (C=O) groups excluding carboxylic acids is 2. The summed E-state index contributed by atoms with van der Waals surface area (Å²) in [5, 5.41) is 5.41. The Labute approximate surface area is 130 Å². The molecule has 0 heterocycles. The second kappa shape index (κ2) is 7.26. The first kappa shape index (κ1) is 17.2. The molecule has 1 unspecified atom stereocenters. The highest BCUT2D eigenvalue weighted by molar-refractivity contribution is 9.10. The van der Waals surface area contributed by atoms with Crippen LogP contribution in [0.25, 0.3) is 0 Å². The second-order valence-corrected chi connectivity index (χ2v) is 5.59. The second-order valence-electron chi connectivity index (χ2n) is 4.68. The van der Waals surface area contributed by atoms with Crippen molar-refractivity contribution < 1.29 is 18.7 Å². The Hall–Kier alpha value is -1.83. The van der Waals surface area contributed by atoms with Crippen LogP contribution in [0.2, 0.25) is 0 Å². The van der Waals surface area contributed by atoms with Crippen LogP contribution in [0.3, 0.4) is 0 Å². The van der Waals surface area contributed by atoms with Gasteiger partial charge in [-0.2, -0.15) is 0 Å². The maximum absolute atomic E-state index is 14.0. The van der Waals surface area contributed by atoms with E-state index in [1.54, 1.807) is 6.07 Å². The third-order valence-corrected chi connectivity index (χ3v) is 2.87. The van der Waals surface area contributed by atoms with Crippen molar-refractivity contribution in [2.75, 3.05) is 10.6 Å². The Morgan fingerprint density at radius 2 is 1.95 bits per heavy atom. The molecule has 0 bridgehead atoms. The number of amides is 2. The molecule has 1 aromatic rings. The number of benzene rings is 1. The monoisotopic (exact) mass is 361 g/mol. The van der Waals surface area contributed by atoms with E-state index in [0.29, 0.717) is 10.2 Å². The molecule has 4 N–H and O–H groups in total. The van der Waals surface area contributed by atoms with E-state index in [-0.39, 0.29) is 11.7 Å². The molecule has 0 fully saturated rings. The van der Waals surface area contributed by atoms with Gasteiger partial charge in [0.1, 0.15) is 11.5 Å². The van der Waals surface area contributed by atoms with E-state index in [2.05, 4.69) is 31.3 Å². The molecule has 1 aromatic carbocycles. The lowest BCUT2D eigenvalue weighted by Crippen LogP contribution is -2.32. The van der Waals surface area contributed by atoms with Crippen LogP contribution in [0.15, 0.2) is 16.6 Å². The lowest BCUT2D eigenvalue weighted by molar-refractivity contribution is -0.123. The summed E-state index contributed by atoms with van der Waals surface area (Å²) in [4.78, 5) is 22.5. The Morgan fingerprint density at radius 3 is 2.48 bits per heavy atom. The fraction of sp³-hybridized carbons (Fsp3) is 0.385. The lowest BCUT2D eigenvalue weighted by Gasteiger charge is -2.18. The standard InChI is InChI=1S/C13H17BrFN3O3/c1-6(2)17-10-5-8(14)4-9(15)11(10)18-12(19)7(3)21-13(16)20/h4-7,17H,1-3H3,(H2,16,20)(H,18,19). The van der Waals surface area contributed by atoms with Crippen LogP contribution in [0.5, 0.6) is 0 Å². The Balaban J connectivity index is 3.01. The summed E-state index contributed by atoms with van der Waals surface area (Å²) in [7, 11) is 0. The van der Waals surface area contributed by atoms with Crippen molar-refractivity contribution in [3.05, 3.63) is 22.4 Å². The molecule has 1 atom stereocenters. The molecular weight excluding hydrogens is 345 g/mol. The van der Waals surface area contributed by atoms with Crippen LogP contribution in [0.1, 0.15) is 20.8 Å².